The third-order valence-corrected chi connectivity index (χ3v) is 6.57. The number of H-pyrrole nitrogens is 1. The van der Waals surface area contributed by atoms with Crippen molar-refractivity contribution < 1.29 is 0 Å². The summed E-state index contributed by atoms with van der Waals surface area (Å²) in [7, 11) is 0. The monoisotopic (exact) mass is 444 g/mol. The van der Waals surface area contributed by atoms with Gasteiger partial charge in [0.05, 0.1) is 11.0 Å². The van der Waals surface area contributed by atoms with Gasteiger partial charge < -0.3 is 4.57 Å². The predicted molar refractivity (Wildman–Crippen MR) is 133 cm³/mol. The smallest absolute Gasteiger partial charge is 0.322 e. The zero-order chi connectivity index (χ0) is 23.4. The van der Waals surface area contributed by atoms with Crippen LogP contribution in [0.25, 0.3) is 22.6 Å². The van der Waals surface area contributed by atoms with Gasteiger partial charge in [0, 0.05) is 6.54 Å². The number of benzene rings is 2. The van der Waals surface area contributed by atoms with Crippen molar-refractivity contribution in [1.29, 1.82) is 0 Å². The fraction of sp³-hybridized carbons (Fsp3) is 0.407. The normalized spacial score (nSPS) is 12.5. The van der Waals surface area contributed by atoms with Gasteiger partial charge in [-0.05, 0) is 67.9 Å². The van der Waals surface area contributed by atoms with E-state index < -0.39 is 11.2 Å². The van der Waals surface area contributed by atoms with Crippen LogP contribution in [0.2, 0.25) is 0 Å². The Morgan fingerprint density at radius 3 is 2.48 bits per heavy atom. The molecule has 4 rings (SSSR count). The molecule has 0 fully saturated rings. The summed E-state index contributed by atoms with van der Waals surface area (Å²) in [6, 6.07) is 14.7. The number of nitrogens with one attached hydrogen (secondary N) is 1. The van der Waals surface area contributed by atoms with Crippen LogP contribution in [0, 0.1) is 19.8 Å². The maximum absolute atomic E-state index is 12.6. The van der Waals surface area contributed by atoms with E-state index in [1.165, 1.54) is 18.4 Å². The van der Waals surface area contributed by atoms with E-state index in [-0.39, 0.29) is 5.69 Å². The molecule has 0 aromatic heterocycles. The molecule has 33 heavy (non-hydrogen) atoms. The van der Waals surface area contributed by atoms with Gasteiger partial charge in [0.25, 0.3) is 5.56 Å². The Labute approximate surface area is 194 Å². The maximum Gasteiger partial charge on any atom is 0.349 e. The van der Waals surface area contributed by atoms with Crippen LogP contribution in [0.1, 0.15) is 55.7 Å². The average Bonchev–Trinajstić information content (AvgIpc) is 2.79. The summed E-state index contributed by atoms with van der Waals surface area (Å²) in [6.45, 7) is 7.03. The zero-order valence-corrected chi connectivity index (χ0v) is 19.7. The minimum absolute atomic E-state index is 0.223. The third kappa shape index (κ3) is 5.21. The van der Waals surface area contributed by atoms with Gasteiger partial charge in [0.2, 0.25) is 0 Å². The molecule has 6 nitrogen and oxygen atoms in total. The number of nitrogens with zero attached hydrogens (tertiary/aromatic N) is 3. The van der Waals surface area contributed by atoms with Gasteiger partial charge in [-0.2, -0.15) is 4.98 Å². The molecule has 0 radical (unpaired) electrons. The van der Waals surface area contributed by atoms with Gasteiger partial charge in [0.15, 0.2) is 11.5 Å². The molecule has 6 heteroatoms. The first kappa shape index (κ1) is 22.9. The van der Waals surface area contributed by atoms with Crippen LogP contribution in [0.3, 0.4) is 0 Å². The SMILES string of the molecule is CCCCCC(CCc1ccccc1)Cn1c2nc(=O)[nH]c(=O)c-2nc2cc(C)c(C)cc21. The van der Waals surface area contributed by atoms with Crippen molar-refractivity contribution in [1.82, 2.24) is 19.5 Å². The van der Waals surface area contributed by atoms with Gasteiger partial charge in [-0.3, -0.25) is 9.78 Å². The van der Waals surface area contributed by atoms with Crippen molar-refractivity contribution in [2.24, 2.45) is 5.92 Å². The molecule has 0 spiro atoms. The standard InChI is InChI=1S/C27H32N4O2/c1-4-5-7-12-21(14-13-20-10-8-6-9-11-20)17-31-23-16-19(3)18(2)15-22(23)28-24-25(31)29-27(33)30-26(24)32/h6,8-11,15-16,21H,4-5,7,12-14,17H2,1-3H3,(H,30,32,33). The molecule has 0 bridgehead atoms. The van der Waals surface area contributed by atoms with Crippen molar-refractivity contribution in [3.63, 3.8) is 0 Å². The number of hydrogen-bond donors (Lipinski definition) is 1. The van der Waals surface area contributed by atoms with Crippen LogP contribution in [-0.4, -0.2) is 19.5 Å². The molecule has 1 N–H and O–H groups in total. The summed E-state index contributed by atoms with van der Waals surface area (Å²) in [6.07, 6.45) is 6.66. The molecule has 1 unspecified atom stereocenters. The van der Waals surface area contributed by atoms with E-state index in [2.05, 4.69) is 63.7 Å². The highest BCUT2D eigenvalue weighted by atomic mass is 16.2. The molecule has 172 valence electrons. The average molecular weight is 445 g/mol. The molecule has 0 saturated heterocycles. The highest BCUT2D eigenvalue weighted by Gasteiger charge is 2.21. The number of rotatable bonds is 9. The molecular weight excluding hydrogens is 412 g/mol. The van der Waals surface area contributed by atoms with E-state index >= 15 is 0 Å². The Bertz CT molecular complexity index is 1320. The summed E-state index contributed by atoms with van der Waals surface area (Å²) in [5, 5.41) is 0. The van der Waals surface area contributed by atoms with Crippen molar-refractivity contribution in [3.8, 4) is 11.5 Å². The van der Waals surface area contributed by atoms with Gasteiger partial charge in [0.1, 0.15) is 0 Å². The second-order valence-corrected chi connectivity index (χ2v) is 9.08. The van der Waals surface area contributed by atoms with Crippen LogP contribution < -0.4 is 11.2 Å². The number of aromatic amines is 1. The molecular formula is C27H32N4O2. The molecule has 2 aliphatic rings. The second-order valence-electron chi connectivity index (χ2n) is 9.08. The lowest BCUT2D eigenvalue weighted by atomic mass is 9.93. The van der Waals surface area contributed by atoms with E-state index in [1.807, 2.05) is 19.1 Å². The zero-order valence-electron chi connectivity index (χ0n) is 19.7. The Hall–Kier alpha value is -3.28. The van der Waals surface area contributed by atoms with Crippen LogP contribution in [0.5, 0.6) is 0 Å². The topological polar surface area (TPSA) is 80.6 Å². The second kappa shape index (κ2) is 10.1. The van der Waals surface area contributed by atoms with Crippen LogP contribution >= 0.6 is 0 Å². The fourth-order valence-electron chi connectivity index (χ4n) is 4.52. The highest BCUT2D eigenvalue weighted by Crippen LogP contribution is 2.27. The lowest BCUT2D eigenvalue weighted by Gasteiger charge is -2.23. The van der Waals surface area contributed by atoms with Crippen LogP contribution in [-0.2, 0) is 13.0 Å². The van der Waals surface area contributed by atoms with E-state index in [1.54, 1.807) is 0 Å². The maximum atomic E-state index is 12.6. The molecule has 0 aliphatic carbocycles. The molecule has 2 aromatic rings. The Kier molecular flexibility index (Phi) is 7.02. The Balaban J connectivity index is 1.78. The Morgan fingerprint density at radius 1 is 0.970 bits per heavy atom. The van der Waals surface area contributed by atoms with Gasteiger partial charge >= 0.3 is 5.69 Å². The predicted octanol–water partition coefficient (Wildman–Crippen LogP) is 5.03. The minimum Gasteiger partial charge on any atom is -0.322 e. The molecule has 2 heterocycles. The van der Waals surface area contributed by atoms with Crippen LogP contribution in [0.15, 0.2) is 52.1 Å². The first-order chi connectivity index (χ1) is 16.0. The van der Waals surface area contributed by atoms with Crippen molar-refractivity contribution in [3.05, 3.63) is 80.0 Å². The minimum atomic E-state index is -0.627. The van der Waals surface area contributed by atoms with E-state index in [0.717, 1.165) is 47.8 Å². The highest BCUT2D eigenvalue weighted by molar-refractivity contribution is 5.81. The number of unbranched alkanes of at least 4 members (excludes halogenated alkanes) is 2. The van der Waals surface area contributed by atoms with Gasteiger partial charge in [-0.25, -0.2) is 9.78 Å². The number of hydrogen-bond acceptors (Lipinski definition) is 4. The number of fused-ring (bicyclic) bond motifs is 2. The lowest BCUT2D eigenvalue weighted by Crippen LogP contribution is -2.29. The first-order valence-electron chi connectivity index (χ1n) is 11.9. The van der Waals surface area contributed by atoms with Crippen molar-refractivity contribution >= 4 is 11.0 Å². The largest absolute Gasteiger partial charge is 0.349 e. The molecule has 2 aliphatic heterocycles. The van der Waals surface area contributed by atoms with Gasteiger partial charge in [-0.15, -0.1) is 0 Å². The Morgan fingerprint density at radius 2 is 1.73 bits per heavy atom. The van der Waals surface area contributed by atoms with Crippen molar-refractivity contribution in [2.75, 3.05) is 0 Å². The lowest BCUT2D eigenvalue weighted by molar-refractivity contribution is 0.378. The molecule has 2 aromatic carbocycles. The molecule has 1 atom stereocenters. The summed E-state index contributed by atoms with van der Waals surface area (Å²) >= 11 is 0. The molecule has 0 saturated carbocycles. The molecule has 0 amide bonds. The first-order valence-corrected chi connectivity index (χ1v) is 11.9. The fourth-order valence-corrected chi connectivity index (χ4v) is 4.52. The van der Waals surface area contributed by atoms with Crippen LogP contribution in [0.4, 0.5) is 0 Å². The quantitative estimate of drug-likeness (QED) is 0.290. The van der Waals surface area contributed by atoms with E-state index in [0.29, 0.717) is 18.3 Å². The van der Waals surface area contributed by atoms with Crippen molar-refractivity contribution in [2.45, 2.75) is 65.8 Å². The summed E-state index contributed by atoms with van der Waals surface area (Å²) in [5.41, 5.74) is 4.39. The summed E-state index contributed by atoms with van der Waals surface area (Å²) < 4.78 is 2.06. The number of aryl methyl sites for hydroxylation is 3. The number of aromatic nitrogens is 4. The third-order valence-electron chi connectivity index (χ3n) is 6.57. The van der Waals surface area contributed by atoms with E-state index in [9.17, 15) is 9.59 Å². The summed E-state index contributed by atoms with van der Waals surface area (Å²) in [5.74, 6) is 0.771. The van der Waals surface area contributed by atoms with Gasteiger partial charge in [-0.1, -0.05) is 56.5 Å². The summed E-state index contributed by atoms with van der Waals surface area (Å²) in [4.78, 5) is 35.8. The van der Waals surface area contributed by atoms with E-state index in [4.69, 9.17) is 0 Å².